The van der Waals surface area contributed by atoms with Gasteiger partial charge in [0.05, 0.1) is 51.6 Å². The normalized spacial score (nSPS) is 12.0. The Labute approximate surface area is 510 Å². The molecule has 0 bridgehead atoms. The number of rotatable bonds is 9. The number of fused-ring (bicyclic) bond motifs is 7. The number of aromatic nitrogens is 1. The van der Waals surface area contributed by atoms with Gasteiger partial charge in [0.1, 0.15) is 0 Å². The summed E-state index contributed by atoms with van der Waals surface area (Å²) in [5.41, 5.74) is 26.7. The molecule has 406 valence electrons. The van der Waals surface area contributed by atoms with Crippen LogP contribution in [0.15, 0.2) is 297 Å². The standard InChI is InChI=1S/C81H49BN6/c83-50-53-33-35-75(70(40-53)66-38-54(51-84)37-55(39-66)52-85)88-74-30-16-13-27-69(74)71-47-60(34-36-76(71)88)65-48-79-81-80(49-65)87(68-45-63(58-23-9-3-10-24-58)42-64(46-68)59-25-11-4-12-26-59)78-32-18-15-29-73(78)82(81)72-28-14-17-31-77(72)86(79)67-43-61(56-19-5-1-6-20-56)41-62(44-67)57-21-7-2-8-22-57/h1-49H. The maximum absolute atomic E-state index is 10.3. The van der Waals surface area contributed by atoms with E-state index < -0.39 is 0 Å². The third-order valence-electron chi connectivity index (χ3n) is 17.5. The van der Waals surface area contributed by atoms with Crippen LogP contribution in [0.3, 0.4) is 0 Å². The highest BCUT2D eigenvalue weighted by molar-refractivity contribution is 7.00. The van der Waals surface area contributed by atoms with E-state index in [0.717, 1.165) is 123 Å². The lowest BCUT2D eigenvalue weighted by Crippen LogP contribution is -2.61. The van der Waals surface area contributed by atoms with Crippen molar-refractivity contribution in [2.24, 2.45) is 0 Å². The van der Waals surface area contributed by atoms with Crippen LogP contribution >= 0.6 is 0 Å². The van der Waals surface area contributed by atoms with E-state index in [1.807, 2.05) is 18.2 Å². The molecule has 0 fully saturated rings. The van der Waals surface area contributed by atoms with Crippen molar-refractivity contribution in [2.75, 3.05) is 9.80 Å². The number of para-hydroxylation sites is 3. The van der Waals surface area contributed by atoms with Gasteiger partial charge in [0.2, 0.25) is 0 Å². The summed E-state index contributed by atoms with van der Waals surface area (Å²) in [6.07, 6.45) is 0. The molecular weight excluding hydrogens is 1070 g/mol. The second-order valence-corrected chi connectivity index (χ2v) is 22.6. The van der Waals surface area contributed by atoms with E-state index in [9.17, 15) is 15.8 Å². The van der Waals surface area contributed by atoms with Gasteiger partial charge in [0.25, 0.3) is 6.71 Å². The molecule has 0 aliphatic carbocycles. The minimum atomic E-state index is -0.115. The maximum Gasteiger partial charge on any atom is 0.252 e. The molecule has 6 nitrogen and oxygen atoms in total. The Balaban J connectivity index is 0.986. The van der Waals surface area contributed by atoms with E-state index in [-0.39, 0.29) is 6.71 Å². The lowest BCUT2D eigenvalue weighted by atomic mass is 9.33. The third-order valence-corrected chi connectivity index (χ3v) is 17.5. The zero-order valence-electron chi connectivity index (χ0n) is 47.6. The van der Waals surface area contributed by atoms with Crippen LogP contribution in [0.4, 0.5) is 34.1 Å². The lowest BCUT2D eigenvalue weighted by molar-refractivity contribution is 1.18. The molecule has 2 aliphatic heterocycles. The second kappa shape index (κ2) is 21.1. The zero-order valence-corrected chi connectivity index (χ0v) is 47.6. The van der Waals surface area contributed by atoms with Crippen LogP contribution in [0.5, 0.6) is 0 Å². The molecule has 0 radical (unpaired) electrons. The minimum Gasteiger partial charge on any atom is -0.311 e. The SMILES string of the molecule is N#Cc1cc(C#N)cc(-c2cc(C#N)ccc2-n2c3ccccc3c3cc(-c4cc5c6c(c4)N(c4cc(-c7ccccc7)cc(-c7ccccc7)c4)c4ccccc4B6c4ccccc4N5c4cc(-c5ccccc5)cc(-c5ccccc5)c4)ccc32)c1. The third kappa shape index (κ3) is 8.64. The zero-order chi connectivity index (χ0) is 58.8. The Morgan fingerprint density at radius 3 is 1.18 bits per heavy atom. The van der Waals surface area contributed by atoms with Gasteiger partial charge in [-0.05, 0) is 193 Å². The molecule has 13 aromatic carbocycles. The molecule has 0 saturated carbocycles. The molecule has 1 aromatic heterocycles. The van der Waals surface area contributed by atoms with E-state index in [1.54, 1.807) is 18.2 Å². The van der Waals surface area contributed by atoms with Gasteiger partial charge in [-0.15, -0.1) is 0 Å². The highest BCUT2D eigenvalue weighted by atomic mass is 15.2. The number of benzene rings is 13. The Hall–Kier alpha value is -12.2. The van der Waals surface area contributed by atoms with E-state index in [1.165, 1.54) is 16.4 Å². The predicted octanol–water partition coefficient (Wildman–Crippen LogP) is 18.5. The summed E-state index contributed by atoms with van der Waals surface area (Å²) in [6.45, 7) is -0.115. The van der Waals surface area contributed by atoms with Crippen molar-refractivity contribution in [2.45, 2.75) is 0 Å². The molecule has 0 amide bonds. The fourth-order valence-corrected chi connectivity index (χ4v) is 13.6. The van der Waals surface area contributed by atoms with Crippen molar-refractivity contribution in [3.05, 3.63) is 314 Å². The van der Waals surface area contributed by atoms with Crippen LogP contribution in [0.25, 0.3) is 94.3 Å². The number of nitriles is 3. The molecule has 2 aliphatic rings. The van der Waals surface area contributed by atoms with Crippen LogP contribution in [-0.4, -0.2) is 11.3 Å². The van der Waals surface area contributed by atoms with Gasteiger partial charge >= 0.3 is 0 Å². The van der Waals surface area contributed by atoms with Crippen LogP contribution in [-0.2, 0) is 0 Å². The quantitative estimate of drug-likeness (QED) is 0.135. The van der Waals surface area contributed by atoms with E-state index >= 15 is 0 Å². The van der Waals surface area contributed by atoms with E-state index in [4.69, 9.17) is 0 Å². The van der Waals surface area contributed by atoms with Crippen molar-refractivity contribution >= 4 is 79.0 Å². The molecule has 0 atom stereocenters. The first-order valence-corrected chi connectivity index (χ1v) is 29.5. The smallest absolute Gasteiger partial charge is 0.252 e. The molecular formula is C81H49BN6. The first-order chi connectivity index (χ1) is 43.5. The molecule has 16 rings (SSSR count). The topological polar surface area (TPSA) is 82.8 Å². The van der Waals surface area contributed by atoms with Crippen LogP contribution < -0.4 is 26.2 Å². The summed E-state index contributed by atoms with van der Waals surface area (Å²) in [4.78, 5) is 5.04. The number of anilines is 6. The Kier molecular flexibility index (Phi) is 12.4. The number of hydrogen-bond donors (Lipinski definition) is 0. The van der Waals surface area contributed by atoms with Crippen LogP contribution in [0.1, 0.15) is 16.7 Å². The first-order valence-electron chi connectivity index (χ1n) is 29.5. The Morgan fingerprint density at radius 1 is 0.261 bits per heavy atom. The number of hydrogen-bond acceptors (Lipinski definition) is 5. The molecule has 3 heterocycles. The maximum atomic E-state index is 10.3. The molecule has 7 heteroatoms. The van der Waals surface area contributed by atoms with Crippen molar-refractivity contribution in [1.29, 1.82) is 15.8 Å². The molecule has 0 spiro atoms. The number of nitrogens with zero attached hydrogens (tertiary/aromatic N) is 6. The summed E-state index contributed by atoms with van der Waals surface area (Å²) in [7, 11) is 0. The predicted molar refractivity (Wildman–Crippen MR) is 362 cm³/mol. The van der Waals surface area contributed by atoms with Crippen molar-refractivity contribution < 1.29 is 0 Å². The van der Waals surface area contributed by atoms with Gasteiger partial charge in [-0.25, -0.2) is 0 Å². The van der Waals surface area contributed by atoms with Gasteiger partial charge in [-0.2, -0.15) is 15.8 Å². The molecule has 0 saturated heterocycles. The average Bonchev–Trinajstić information content (AvgIpc) is 0.790. The molecule has 0 N–H and O–H groups in total. The van der Waals surface area contributed by atoms with Gasteiger partial charge in [0.15, 0.2) is 0 Å². The van der Waals surface area contributed by atoms with Crippen LogP contribution in [0, 0.1) is 34.0 Å². The van der Waals surface area contributed by atoms with Gasteiger partial charge < -0.3 is 14.4 Å². The molecule has 0 unspecified atom stereocenters. The fraction of sp³-hybridized carbons (Fsp3) is 0. The highest BCUT2D eigenvalue weighted by Crippen LogP contribution is 2.49. The summed E-state index contributed by atoms with van der Waals surface area (Å²) >= 11 is 0. The summed E-state index contributed by atoms with van der Waals surface area (Å²) in [6, 6.07) is 113. The monoisotopic (exact) mass is 1120 g/mol. The summed E-state index contributed by atoms with van der Waals surface area (Å²) in [5.74, 6) is 0. The van der Waals surface area contributed by atoms with Gasteiger partial charge in [-0.1, -0.05) is 182 Å². The van der Waals surface area contributed by atoms with Crippen molar-refractivity contribution in [1.82, 2.24) is 4.57 Å². The van der Waals surface area contributed by atoms with Gasteiger partial charge in [0, 0.05) is 50.5 Å². The summed E-state index contributed by atoms with van der Waals surface area (Å²) in [5, 5.41) is 32.6. The average molecular weight is 1120 g/mol. The second-order valence-electron chi connectivity index (χ2n) is 22.6. The van der Waals surface area contributed by atoms with Crippen molar-refractivity contribution in [3.8, 4) is 90.7 Å². The lowest BCUT2D eigenvalue weighted by Gasteiger charge is -2.44. The first kappa shape index (κ1) is 51.4. The summed E-state index contributed by atoms with van der Waals surface area (Å²) < 4.78 is 2.25. The molecule has 88 heavy (non-hydrogen) atoms. The largest absolute Gasteiger partial charge is 0.311 e. The van der Waals surface area contributed by atoms with Crippen molar-refractivity contribution in [3.63, 3.8) is 0 Å². The fourth-order valence-electron chi connectivity index (χ4n) is 13.6. The van der Waals surface area contributed by atoms with Crippen LogP contribution in [0.2, 0.25) is 0 Å². The Morgan fingerprint density at radius 2 is 0.693 bits per heavy atom. The minimum absolute atomic E-state index is 0.115. The highest BCUT2D eigenvalue weighted by Gasteiger charge is 2.44. The van der Waals surface area contributed by atoms with E-state index in [0.29, 0.717) is 22.3 Å². The van der Waals surface area contributed by atoms with Gasteiger partial charge in [-0.3, -0.25) is 0 Å². The Bertz CT molecular complexity index is 4920. The van der Waals surface area contributed by atoms with E-state index in [2.05, 4.69) is 293 Å². The molecule has 14 aromatic rings.